The first kappa shape index (κ1) is 17.6. The molecular formula is C19H20FN3OS. The fourth-order valence-electron chi connectivity index (χ4n) is 2.50. The molecule has 4 nitrogen and oxygen atoms in total. The predicted octanol–water partition coefficient (Wildman–Crippen LogP) is 4.49. The molecular weight excluding hydrogens is 337 g/mol. The summed E-state index contributed by atoms with van der Waals surface area (Å²) in [7, 11) is 0. The SMILES string of the molecule is CC(C)c1[nH]c(C(O)Cc2ccncc2)nc1Sc1cccc(F)c1. The lowest BCUT2D eigenvalue weighted by atomic mass is 10.1. The first-order chi connectivity index (χ1) is 12.0. The van der Waals surface area contributed by atoms with Crippen molar-refractivity contribution in [2.24, 2.45) is 0 Å². The highest BCUT2D eigenvalue weighted by Gasteiger charge is 2.19. The van der Waals surface area contributed by atoms with E-state index in [0.717, 1.165) is 21.2 Å². The second-order valence-electron chi connectivity index (χ2n) is 6.13. The Bertz CT molecular complexity index is 836. The Labute approximate surface area is 150 Å². The molecule has 3 rings (SSSR count). The van der Waals surface area contributed by atoms with Crippen LogP contribution in [0, 0.1) is 5.82 Å². The molecule has 2 heterocycles. The molecule has 0 amide bonds. The summed E-state index contributed by atoms with van der Waals surface area (Å²) in [6.45, 7) is 4.12. The van der Waals surface area contributed by atoms with Crippen LogP contribution >= 0.6 is 11.8 Å². The van der Waals surface area contributed by atoms with Gasteiger partial charge in [-0.05, 0) is 41.8 Å². The minimum Gasteiger partial charge on any atom is -0.385 e. The van der Waals surface area contributed by atoms with Crippen LogP contribution in [0.3, 0.4) is 0 Å². The lowest BCUT2D eigenvalue weighted by Gasteiger charge is -2.07. The molecule has 0 aliphatic heterocycles. The zero-order valence-corrected chi connectivity index (χ0v) is 14.9. The van der Waals surface area contributed by atoms with Gasteiger partial charge in [-0.2, -0.15) is 0 Å². The van der Waals surface area contributed by atoms with Crippen LogP contribution in [0.25, 0.3) is 0 Å². The first-order valence-electron chi connectivity index (χ1n) is 8.13. The molecule has 2 aromatic heterocycles. The summed E-state index contributed by atoms with van der Waals surface area (Å²) in [5, 5.41) is 11.3. The third-order valence-corrected chi connectivity index (χ3v) is 4.79. The van der Waals surface area contributed by atoms with Crippen molar-refractivity contribution < 1.29 is 9.50 Å². The maximum absolute atomic E-state index is 13.4. The number of pyridine rings is 1. The molecule has 0 saturated carbocycles. The summed E-state index contributed by atoms with van der Waals surface area (Å²) in [5.41, 5.74) is 1.93. The van der Waals surface area contributed by atoms with Crippen LogP contribution in [-0.4, -0.2) is 20.1 Å². The summed E-state index contributed by atoms with van der Waals surface area (Å²) >= 11 is 1.40. The quantitative estimate of drug-likeness (QED) is 0.682. The number of imidazole rings is 1. The van der Waals surface area contributed by atoms with E-state index in [2.05, 4.69) is 28.8 Å². The highest BCUT2D eigenvalue weighted by Crippen LogP contribution is 2.34. The summed E-state index contributed by atoms with van der Waals surface area (Å²) in [6.07, 6.45) is 3.13. The van der Waals surface area contributed by atoms with Crippen LogP contribution in [0.4, 0.5) is 4.39 Å². The molecule has 0 fully saturated rings. The minimum absolute atomic E-state index is 0.213. The molecule has 0 saturated heterocycles. The lowest BCUT2D eigenvalue weighted by Crippen LogP contribution is -2.04. The number of nitrogens with one attached hydrogen (secondary N) is 1. The molecule has 25 heavy (non-hydrogen) atoms. The van der Waals surface area contributed by atoms with E-state index in [4.69, 9.17) is 0 Å². The molecule has 1 atom stereocenters. The maximum Gasteiger partial charge on any atom is 0.136 e. The number of H-pyrrole nitrogens is 1. The Morgan fingerprint density at radius 3 is 2.64 bits per heavy atom. The van der Waals surface area contributed by atoms with Gasteiger partial charge >= 0.3 is 0 Å². The number of aromatic amines is 1. The fourth-order valence-corrected chi connectivity index (χ4v) is 3.58. The minimum atomic E-state index is -0.734. The van der Waals surface area contributed by atoms with Crippen molar-refractivity contribution in [2.45, 2.75) is 42.2 Å². The smallest absolute Gasteiger partial charge is 0.136 e. The van der Waals surface area contributed by atoms with E-state index in [9.17, 15) is 9.50 Å². The molecule has 6 heteroatoms. The van der Waals surface area contributed by atoms with Gasteiger partial charge in [-0.25, -0.2) is 9.37 Å². The zero-order valence-electron chi connectivity index (χ0n) is 14.1. The van der Waals surface area contributed by atoms with Crippen molar-refractivity contribution in [3.05, 3.63) is 71.7 Å². The number of hydrogen-bond donors (Lipinski definition) is 2. The normalized spacial score (nSPS) is 12.5. The van der Waals surface area contributed by atoms with Crippen molar-refractivity contribution in [2.75, 3.05) is 0 Å². The van der Waals surface area contributed by atoms with Crippen LogP contribution in [0.15, 0.2) is 58.7 Å². The standard InChI is InChI=1S/C19H20FN3OS/c1-12(2)17-19(25-15-5-3-4-14(20)11-15)23-18(22-17)16(24)10-13-6-8-21-9-7-13/h3-9,11-12,16,24H,10H2,1-2H3,(H,22,23). The molecule has 0 spiro atoms. The van der Waals surface area contributed by atoms with Crippen molar-refractivity contribution in [3.8, 4) is 0 Å². The Kier molecular flexibility index (Phi) is 5.50. The molecule has 0 radical (unpaired) electrons. The van der Waals surface area contributed by atoms with E-state index in [1.165, 1.54) is 23.9 Å². The number of halogens is 1. The van der Waals surface area contributed by atoms with Crippen molar-refractivity contribution in [1.82, 2.24) is 15.0 Å². The third-order valence-electron chi connectivity index (χ3n) is 3.80. The number of hydrogen-bond acceptors (Lipinski definition) is 4. The van der Waals surface area contributed by atoms with Crippen LogP contribution in [0.1, 0.15) is 43.0 Å². The van der Waals surface area contributed by atoms with Crippen molar-refractivity contribution >= 4 is 11.8 Å². The van der Waals surface area contributed by atoms with E-state index < -0.39 is 6.10 Å². The number of nitrogens with zero attached hydrogens (tertiary/aromatic N) is 2. The molecule has 130 valence electrons. The summed E-state index contributed by atoms with van der Waals surface area (Å²) < 4.78 is 13.4. The van der Waals surface area contributed by atoms with Gasteiger partial charge in [-0.3, -0.25) is 4.98 Å². The highest BCUT2D eigenvalue weighted by molar-refractivity contribution is 7.99. The zero-order chi connectivity index (χ0) is 17.8. The van der Waals surface area contributed by atoms with E-state index in [-0.39, 0.29) is 11.7 Å². The molecule has 1 aromatic carbocycles. The van der Waals surface area contributed by atoms with Gasteiger partial charge in [0, 0.05) is 23.7 Å². The van der Waals surface area contributed by atoms with Gasteiger partial charge in [0.2, 0.25) is 0 Å². The average Bonchev–Trinajstić information content (AvgIpc) is 3.00. The largest absolute Gasteiger partial charge is 0.385 e. The van der Waals surface area contributed by atoms with Crippen LogP contribution < -0.4 is 0 Å². The first-order valence-corrected chi connectivity index (χ1v) is 8.94. The topological polar surface area (TPSA) is 61.8 Å². The van der Waals surface area contributed by atoms with Crippen molar-refractivity contribution in [3.63, 3.8) is 0 Å². The lowest BCUT2D eigenvalue weighted by molar-refractivity contribution is 0.169. The second kappa shape index (κ2) is 7.80. The maximum atomic E-state index is 13.4. The van der Waals surface area contributed by atoms with Gasteiger partial charge in [-0.15, -0.1) is 0 Å². The van der Waals surface area contributed by atoms with Gasteiger partial charge in [0.1, 0.15) is 22.8 Å². The Morgan fingerprint density at radius 2 is 1.96 bits per heavy atom. The summed E-state index contributed by atoms with van der Waals surface area (Å²) in [4.78, 5) is 12.6. The summed E-state index contributed by atoms with van der Waals surface area (Å²) in [5.74, 6) is 0.467. The predicted molar refractivity (Wildman–Crippen MR) is 96.1 cm³/mol. The van der Waals surface area contributed by atoms with Gasteiger partial charge in [0.25, 0.3) is 0 Å². The second-order valence-corrected chi connectivity index (χ2v) is 7.19. The average molecular weight is 357 g/mol. The molecule has 0 aliphatic carbocycles. The molecule has 0 bridgehead atoms. The number of aromatic nitrogens is 3. The molecule has 3 aromatic rings. The van der Waals surface area contributed by atoms with Gasteiger partial charge in [-0.1, -0.05) is 31.7 Å². The van der Waals surface area contributed by atoms with Crippen molar-refractivity contribution in [1.29, 1.82) is 0 Å². The summed E-state index contributed by atoms with van der Waals surface area (Å²) in [6, 6.07) is 10.2. The number of aliphatic hydroxyl groups excluding tert-OH is 1. The van der Waals surface area contributed by atoms with Crippen LogP contribution in [0.5, 0.6) is 0 Å². The molecule has 1 unspecified atom stereocenters. The van der Waals surface area contributed by atoms with E-state index in [0.29, 0.717) is 12.2 Å². The monoisotopic (exact) mass is 357 g/mol. The van der Waals surface area contributed by atoms with Gasteiger partial charge in [0.15, 0.2) is 0 Å². The number of rotatable bonds is 6. The number of benzene rings is 1. The van der Waals surface area contributed by atoms with E-state index in [1.54, 1.807) is 18.5 Å². The van der Waals surface area contributed by atoms with E-state index in [1.807, 2.05) is 18.2 Å². The number of aliphatic hydroxyl groups is 1. The third kappa shape index (κ3) is 4.46. The molecule has 0 aliphatic rings. The molecule has 2 N–H and O–H groups in total. The fraction of sp³-hybridized carbons (Fsp3) is 0.263. The van der Waals surface area contributed by atoms with Gasteiger partial charge in [0.05, 0.1) is 5.69 Å². The Hall–Kier alpha value is -2.18. The highest BCUT2D eigenvalue weighted by atomic mass is 32.2. The van der Waals surface area contributed by atoms with Crippen LogP contribution in [0.2, 0.25) is 0 Å². The van der Waals surface area contributed by atoms with E-state index >= 15 is 0 Å². The van der Waals surface area contributed by atoms with Gasteiger partial charge < -0.3 is 10.1 Å². The Balaban J connectivity index is 1.84. The van der Waals surface area contributed by atoms with Crippen LogP contribution in [-0.2, 0) is 6.42 Å². The Morgan fingerprint density at radius 1 is 1.20 bits per heavy atom.